The zero-order valence-electron chi connectivity index (χ0n) is 8.86. The third-order valence-corrected chi connectivity index (χ3v) is 2.79. The summed E-state index contributed by atoms with van der Waals surface area (Å²) in [4.78, 5) is 11.1. The highest BCUT2D eigenvalue weighted by atomic mass is 32.2. The van der Waals surface area contributed by atoms with Gasteiger partial charge in [-0.05, 0) is 6.92 Å². The van der Waals surface area contributed by atoms with E-state index >= 15 is 0 Å². The molecule has 0 aliphatic heterocycles. The second-order valence-electron chi connectivity index (χ2n) is 2.89. The maximum absolute atomic E-state index is 11.1. The molecule has 5 nitrogen and oxygen atoms in total. The molecule has 15 heavy (non-hydrogen) atoms. The molecule has 1 amide bonds. The van der Waals surface area contributed by atoms with Crippen LogP contribution in [-0.2, 0) is 11.3 Å². The van der Waals surface area contributed by atoms with E-state index in [-0.39, 0.29) is 5.91 Å². The summed E-state index contributed by atoms with van der Waals surface area (Å²) >= 11 is 1.37. The number of amides is 1. The highest BCUT2D eigenvalue weighted by Gasteiger charge is 2.09. The molecule has 0 spiro atoms. The number of nitrogens with one attached hydrogen (secondary N) is 1. The Morgan fingerprint density at radius 2 is 2.40 bits per heavy atom. The first-order valence-electron chi connectivity index (χ1n) is 4.53. The predicted octanol–water partition coefficient (Wildman–Crippen LogP) is 0.611. The van der Waals surface area contributed by atoms with Gasteiger partial charge >= 0.3 is 0 Å². The number of hydrogen-bond acceptors (Lipinski definition) is 4. The molecule has 1 heterocycles. The molecule has 1 aromatic heterocycles. The number of carbonyl (C=O) groups excluding carboxylic acids is 1. The van der Waals surface area contributed by atoms with Crippen LogP contribution >= 0.6 is 11.8 Å². The van der Waals surface area contributed by atoms with Gasteiger partial charge < -0.3 is 9.88 Å². The van der Waals surface area contributed by atoms with Crippen molar-refractivity contribution >= 4 is 17.7 Å². The fourth-order valence-electron chi connectivity index (χ4n) is 1.01. The summed E-state index contributed by atoms with van der Waals surface area (Å²) in [5, 5.41) is 11.2. The number of thioether (sulfide) groups is 1. The Morgan fingerprint density at radius 1 is 1.67 bits per heavy atom. The summed E-state index contributed by atoms with van der Waals surface area (Å²) in [5.74, 6) is 1.16. The average Bonchev–Trinajstić information content (AvgIpc) is 2.58. The van der Waals surface area contributed by atoms with E-state index in [1.54, 1.807) is 13.1 Å². The van der Waals surface area contributed by atoms with E-state index in [2.05, 4.69) is 22.1 Å². The first kappa shape index (κ1) is 11.8. The van der Waals surface area contributed by atoms with E-state index in [4.69, 9.17) is 0 Å². The molecule has 0 aliphatic carbocycles. The van der Waals surface area contributed by atoms with Gasteiger partial charge in [-0.15, -0.1) is 16.8 Å². The second kappa shape index (κ2) is 5.55. The fourth-order valence-corrected chi connectivity index (χ4v) is 1.88. The molecule has 0 aromatic carbocycles. The molecule has 1 N–H and O–H groups in total. The van der Waals surface area contributed by atoms with Gasteiger partial charge in [-0.1, -0.05) is 17.8 Å². The van der Waals surface area contributed by atoms with Crippen molar-refractivity contribution in [3.05, 3.63) is 18.5 Å². The summed E-state index contributed by atoms with van der Waals surface area (Å²) in [5.41, 5.74) is 0. The quantitative estimate of drug-likeness (QED) is 0.590. The molecule has 1 aromatic rings. The largest absolute Gasteiger partial charge is 0.358 e. The van der Waals surface area contributed by atoms with Crippen LogP contribution in [0.2, 0.25) is 0 Å². The van der Waals surface area contributed by atoms with Gasteiger partial charge in [0.1, 0.15) is 5.82 Å². The maximum Gasteiger partial charge on any atom is 0.230 e. The lowest BCUT2D eigenvalue weighted by Crippen LogP contribution is -2.20. The van der Waals surface area contributed by atoms with Crippen molar-refractivity contribution in [3.8, 4) is 0 Å². The standard InChI is InChI=1S/C9H14N4OS/c1-4-5-13-7(2)11-12-9(13)15-6-8(14)10-3/h4H,1,5-6H2,2-3H3,(H,10,14). The third-order valence-electron chi connectivity index (χ3n) is 1.82. The predicted molar refractivity (Wildman–Crippen MR) is 59.7 cm³/mol. The first-order chi connectivity index (χ1) is 7.19. The van der Waals surface area contributed by atoms with Crippen molar-refractivity contribution in [1.82, 2.24) is 20.1 Å². The Morgan fingerprint density at radius 3 is 3.00 bits per heavy atom. The summed E-state index contributed by atoms with van der Waals surface area (Å²) in [6, 6.07) is 0. The van der Waals surface area contributed by atoms with E-state index < -0.39 is 0 Å². The molecule has 1 rings (SSSR count). The molecule has 0 radical (unpaired) electrons. The summed E-state index contributed by atoms with van der Waals surface area (Å²) in [7, 11) is 1.61. The summed E-state index contributed by atoms with van der Waals surface area (Å²) in [6.07, 6.45) is 1.78. The monoisotopic (exact) mass is 226 g/mol. The van der Waals surface area contributed by atoms with E-state index in [0.29, 0.717) is 12.3 Å². The number of hydrogen-bond donors (Lipinski definition) is 1. The summed E-state index contributed by atoms with van der Waals surface area (Å²) < 4.78 is 1.92. The Balaban J connectivity index is 2.67. The smallest absolute Gasteiger partial charge is 0.230 e. The highest BCUT2D eigenvalue weighted by molar-refractivity contribution is 7.99. The number of allylic oxidation sites excluding steroid dienone is 1. The van der Waals surface area contributed by atoms with Gasteiger partial charge in [0.25, 0.3) is 0 Å². The average molecular weight is 226 g/mol. The van der Waals surface area contributed by atoms with Gasteiger partial charge in [0, 0.05) is 13.6 Å². The molecular formula is C9H14N4OS. The van der Waals surface area contributed by atoms with Crippen LogP contribution in [0.5, 0.6) is 0 Å². The topological polar surface area (TPSA) is 59.8 Å². The van der Waals surface area contributed by atoms with Crippen LogP contribution in [0, 0.1) is 6.92 Å². The number of carbonyl (C=O) groups is 1. The molecule has 0 aliphatic rings. The number of nitrogens with zero attached hydrogens (tertiary/aromatic N) is 3. The molecule has 0 unspecified atom stereocenters. The lowest BCUT2D eigenvalue weighted by Gasteiger charge is -2.04. The van der Waals surface area contributed by atoms with Crippen molar-refractivity contribution in [2.45, 2.75) is 18.6 Å². The van der Waals surface area contributed by atoms with Crippen molar-refractivity contribution in [1.29, 1.82) is 0 Å². The zero-order chi connectivity index (χ0) is 11.3. The van der Waals surface area contributed by atoms with Gasteiger partial charge in [-0.2, -0.15) is 0 Å². The Labute approximate surface area is 93.0 Å². The molecule has 82 valence electrons. The molecular weight excluding hydrogens is 212 g/mol. The number of rotatable bonds is 5. The molecule has 6 heteroatoms. The van der Waals surface area contributed by atoms with Gasteiger partial charge in [0.2, 0.25) is 5.91 Å². The Kier molecular flexibility index (Phi) is 4.36. The van der Waals surface area contributed by atoms with Crippen LogP contribution in [0.1, 0.15) is 5.82 Å². The van der Waals surface area contributed by atoms with Gasteiger partial charge in [0.05, 0.1) is 5.75 Å². The maximum atomic E-state index is 11.1. The van der Waals surface area contributed by atoms with E-state index in [1.165, 1.54) is 11.8 Å². The van der Waals surface area contributed by atoms with Crippen LogP contribution in [0.15, 0.2) is 17.8 Å². The Hall–Kier alpha value is -1.30. The van der Waals surface area contributed by atoms with Crippen LogP contribution in [0.25, 0.3) is 0 Å². The van der Waals surface area contributed by atoms with Crippen LogP contribution in [-0.4, -0.2) is 33.5 Å². The number of aromatic nitrogens is 3. The van der Waals surface area contributed by atoms with Crippen LogP contribution < -0.4 is 5.32 Å². The van der Waals surface area contributed by atoms with Crippen molar-refractivity contribution in [2.24, 2.45) is 0 Å². The zero-order valence-corrected chi connectivity index (χ0v) is 9.67. The van der Waals surface area contributed by atoms with Crippen molar-refractivity contribution in [2.75, 3.05) is 12.8 Å². The highest BCUT2D eigenvalue weighted by Crippen LogP contribution is 2.16. The molecule has 0 atom stereocenters. The van der Waals surface area contributed by atoms with Gasteiger partial charge in [-0.3, -0.25) is 4.79 Å². The molecule has 0 saturated heterocycles. The minimum Gasteiger partial charge on any atom is -0.358 e. The summed E-state index contributed by atoms with van der Waals surface area (Å²) in [6.45, 7) is 6.20. The van der Waals surface area contributed by atoms with Crippen molar-refractivity contribution in [3.63, 3.8) is 0 Å². The van der Waals surface area contributed by atoms with Gasteiger partial charge in [0.15, 0.2) is 5.16 Å². The lowest BCUT2D eigenvalue weighted by molar-refractivity contribution is -0.118. The Bertz CT molecular complexity index is 361. The lowest BCUT2D eigenvalue weighted by atomic mass is 10.6. The molecule has 0 bridgehead atoms. The van der Waals surface area contributed by atoms with Crippen LogP contribution in [0.4, 0.5) is 0 Å². The van der Waals surface area contributed by atoms with E-state index in [9.17, 15) is 4.79 Å². The minimum absolute atomic E-state index is 0.0224. The van der Waals surface area contributed by atoms with Gasteiger partial charge in [-0.25, -0.2) is 0 Å². The minimum atomic E-state index is -0.0224. The third kappa shape index (κ3) is 3.09. The van der Waals surface area contributed by atoms with E-state index in [0.717, 1.165) is 11.0 Å². The van der Waals surface area contributed by atoms with Crippen molar-refractivity contribution < 1.29 is 4.79 Å². The normalized spacial score (nSPS) is 10.0. The molecule has 0 saturated carbocycles. The SMILES string of the molecule is C=CCn1c(C)nnc1SCC(=O)NC. The first-order valence-corrected chi connectivity index (χ1v) is 5.51. The molecule has 0 fully saturated rings. The van der Waals surface area contributed by atoms with E-state index in [1.807, 2.05) is 11.5 Å². The second-order valence-corrected chi connectivity index (χ2v) is 3.83. The van der Waals surface area contributed by atoms with Crippen LogP contribution in [0.3, 0.4) is 0 Å². The fraction of sp³-hybridized carbons (Fsp3) is 0.444. The number of aryl methyl sites for hydroxylation is 1.